The maximum Gasteiger partial charge on any atom is 0.255 e. The molecule has 4 nitrogen and oxygen atoms in total. The fourth-order valence-corrected chi connectivity index (χ4v) is 2.20. The van der Waals surface area contributed by atoms with E-state index in [9.17, 15) is 4.79 Å². The van der Waals surface area contributed by atoms with Gasteiger partial charge >= 0.3 is 0 Å². The number of nitrogens with one attached hydrogen (secondary N) is 1. The van der Waals surface area contributed by atoms with Crippen LogP contribution in [0.1, 0.15) is 57.3 Å². The van der Waals surface area contributed by atoms with E-state index < -0.39 is 0 Å². The molecule has 1 rings (SSSR count). The molecule has 0 aromatic carbocycles. The standard InChI is InChI=1S/C17H29N3O/c1-5-9-20(10-6-2)17(21)15-11-16(13-18-12-15)19-8-7-14(3)4/h11-14,19H,5-10H2,1-4H3. The molecule has 21 heavy (non-hydrogen) atoms. The van der Waals surface area contributed by atoms with Gasteiger partial charge in [-0.3, -0.25) is 9.78 Å². The number of hydrogen-bond acceptors (Lipinski definition) is 3. The van der Waals surface area contributed by atoms with Gasteiger partial charge in [0.05, 0.1) is 11.3 Å². The van der Waals surface area contributed by atoms with Gasteiger partial charge in [0.15, 0.2) is 0 Å². The maximum absolute atomic E-state index is 12.5. The highest BCUT2D eigenvalue weighted by Crippen LogP contribution is 2.12. The van der Waals surface area contributed by atoms with Crippen molar-refractivity contribution in [1.82, 2.24) is 9.88 Å². The zero-order valence-corrected chi connectivity index (χ0v) is 13.9. The van der Waals surface area contributed by atoms with Gasteiger partial charge in [0.1, 0.15) is 0 Å². The molecular formula is C17H29N3O. The molecule has 0 spiro atoms. The van der Waals surface area contributed by atoms with Gasteiger partial charge in [-0.05, 0) is 31.2 Å². The number of anilines is 1. The average Bonchev–Trinajstić information content (AvgIpc) is 2.46. The minimum absolute atomic E-state index is 0.0821. The van der Waals surface area contributed by atoms with Gasteiger partial charge in [0, 0.05) is 32.0 Å². The highest BCUT2D eigenvalue weighted by molar-refractivity contribution is 5.94. The molecule has 1 heterocycles. The van der Waals surface area contributed by atoms with Gasteiger partial charge in [0.2, 0.25) is 0 Å². The average molecular weight is 291 g/mol. The normalized spacial score (nSPS) is 10.7. The van der Waals surface area contributed by atoms with E-state index in [-0.39, 0.29) is 5.91 Å². The minimum atomic E-state index is 0.0821. The molecule has 0 bridgehead atoms. The lowest BCUT2D eigenvalue weighted by Crippen LogP contribution is -2.32. The first-order chi connectivity index (χ1) is 10.1. The fraction of sp³-hybridized carbons (Fsp3) is 0.647. The second kappa shape index (κ2) is 9.37. The summed E-state index contributed by atoms with van der Waals surface area (Å²) in [5.41, 5.74) is 1.60. The van der Waals surface area contributed by atoms with Crippen LogP contribution in [0.4, 0.5) is 5.69 Å². The summed E-state index contributed by atoms with van der Waals surface area (Å²) < 4.78 is 0. The van der Waals surface area contributed by atoms with Crippen molar-refractivity contribution >= 4 is 11.6 Å². The first kappa shape index (κ1) is 17.5. The third kappa shape index (κ3) is 6.15. The quantitative estimate of drug-likeness (QED) is 0.752. The number of pyridine rings is 1. The fourth-order valence-electron chi connectivity index (χ4n) is 2.20. The first-order valence-electron chi connectivity index (χ1n) is 8.06. The van der Waals surface area contributed by atoms with E-state index >= 15 is 0 Å². The maximum atomic E-state index is 12.5. The molecular weight excluding hydrogens is 262 g/mol. The van der Waals surface area contributed by atoms with Crippen LogP contribution in [0.2, 0.25) is 0 Å². The van der Waals surface area contributed by atoms with Crippen molar-refractivity contribution in [1.29, 1.82) is 0 Å². The topological polar surface area (TPSA) is 45.2 Å². The molecule has 1 aromatic rings. The number of carbonyl (C=O) groups is 1. The Bertz CT molecular complexity index is 426. The molecule has 0 aliphatic heterocycles. The second-order valence-corrected chi connectivity index (χ2v) is 5.86. The first-order valence-corrected chi connectivity index (χ1v) is 8.06. The molecule has 0 saturated carbocycles. The van der Waals surface area contributed by atoms with Crippen LogP contribution < -0.4 is 5.32 Å². The Labute approximate surface area is 129 Å². The van der Waals surface area contributed by atoms with Crippen LogP contribution >= 0.6 is 0 Å². The summed E-state index contributed by atoms with van der Waals surface area (Å²) in [6.07, 6.45) is 6.50. The van der Waals surface area contributed by atoms with E-state index in [1.807, 2.05) is 11.0 Å². The molecule has 0 saturated heterocycles. The number of aromatic nitrogens is 1. The van der Waals surface area contributed by atoms with Crippen molar-refractivity contribution in [2.24, 2.45) is 5.92 Å². The Morgan fingerprint density at radius 1 is 1.24 bits per heavy atom. The van der Waals surface area contributed by atoms with Gasteiger partial charge < -0.3 is 10.2 Å². The van der Waals surface area contributed by atoms with Crippen molar-refractivity contribution in [2.75, 3.05) is 25.0 Å². The van der Waals surface area contributed by atoms with Gasteiger partial charge in [-0.25, -0.2) is 0 Å². The molecule has 0 aliphatic carbocycles. The predicted octanol–water partition coefficient (Wildman–Crippen LogP) is 3.80. The van der Waals surface area contributed by atoms with Crippen LogP contribution in [0.25, 0.3) is 0 Å². The van der Waals surface area contributed by atoms with E-state index in [0.29, 0.717) is 11.5 Å². The van der Waals surface area contributed by atoms with Crippen molar-refractivity contribution in [3.8, 4) is 0 Å². The summed E-state index contributed by atoms with van der Waals surface area (Å²) in [4.78, 5) is 18.6. The van der Waals surface area contributed by atoms with E-state index in [2.05, 4.69) is 38.0 Å². The Hall–Kier alpha value is -1.58. The molecule has 1 N–H and O–H groups in total. The summed E-state index contributed by atoms with van der Waals surface area (Å²) in [6, 6.07) is 1.91. The molecule has 0 atom stereocenters. The van der Waals surface area contributed by atoms with Crippen LogP contribution in [0.3, 0.4) is 0 Å². The number of carbonyl (C=O) groups excluding carboxylic acids is 1. The summed E-state index contributed by atoms with van der Waals surface area (Å²) >= 11 is 0. The molecule has 0 aliphatic rings. The number of amides is 1. The van der Waals surface area contributed by atoms with E-state index in [4.69, 9.17) is 0 Å². The highest BCUT2D eigenvalue weighted by Gasteiger charge is 2.14. The zero-order valence-electron chi connectivity index (χ0n) is 13.9. The van der Waals surface area contributed by atoms with Crippen molar-refractivity contribution < 1.29 is 4.79 Å². The lowest BCUT2D eigenvalue weighted by Gasteiger charge is -2.21. The minimum Gasteiger partial charge on any atom is -0.384 e. The zero-order chi connectivity index (χ0) is 15.7. The summed E-state index contributed by atoms with van der Waals surface area (Å²) in [5.74, 6) is 0.749. The van der Waals surface area contributed by atoms with Gasteiger partial charge in [-0.1, -0.05) is 27.7 Å². The summed E-state index contributed by atoms with van der Waals surface area (Å²) in [6.45, 7) is 11.1. The van der Waals surface area contributed by atoms with Gasteiger partial charge in [-0.15, -0.1) is 0 Å². The Kier molecular flexibility index (Phi) is 7.80. The molecule has 0 radical (unpaired) electrons. The Balaban J connectivity index is 2.70. The lowest BCUT2D eigenvalue weighted by atomic mass is 10.1. The monoisotopic (exact) mass is 291 g/mol. The molecule has 0 fully saturated rings. The SMILES string of the molecule is CCCN(CCC)C(=O)c1cncc(NCCC(C)C)c1. The van der Waals surface area contributed by atoms with Gasteiger partial charge in [0.25, 0.3) is 5.91 Å². The largest absolute Gasteiger partial charge is 0.384 e. The molecule has 1 aromatic heterocycles. The van der Waals surface area contributed by atoms with Crippen molar-refractivity contribution in [3.63, 3.8) is 0 Å². The highest BCUT2D eigenvalue weighted by atomic mass is 16.2. The second-order valence-electron chi connectivity index (χ2n) is 5.86. The Morgan fingerprint density at radius 3 is 2.48 bits per heavy atom. The number of rotatable bonds is 9. The van der Waals surface area contributed by atoms with Crippen molar-refractivity contribution in [2.45, 2.75) is 47.0 Å². The molecule has 4 heteroatoms. The smallest absolute Gasteiger partial charge is 0.255 e. The van der Waals surface area contributed by atoms with E-state index in [1.54, 1.807) is 12.4 Å². The summed E-state index contributed by atoms with van der Waals surface area (Å²) in [5, 5.41) is 3.34. The van der Waals surface area contributed by atoms with Crippen LogP contribution in [-0.4, -0.2) is 35.4 Å². The van der Waals surface area contributed by atoms with Crippen LogP contribution in [0.5, 0.6) is 0 Å². The third-order valence-corrected chi connectivity index (χ3v) is 3.31. The van der Waals surface area contributed by atoms with Gasteiger partial charge in [-0.2, -0.15) is 0 Å². The predicted molar refractivity (Wildman–Crippen MR) is 88.7 cm³/mol. The molecule has 1 amide bonds. The van der Waals surface area contributed by atoms with E-state index in [1.165, 1.54) is 0 Å². The number of nitrogens with zero attached hydrogens (tertiary/aromatic N) is 2. The molecule has 118 valence electrons. The summed E-state index contributed by atoms with van der Waals surface area (Å²) in [7, 11) is 0. The number of hydrogen-bond donors (Lipinski definition) is 1. The van der Waals surface area contributed by atoms with Crippen LogP contribution in [0.15, 0.2) is 18.5 Å². The third-order valence-electron chi connectivity index (χ3n) is 3.31. The van der Waals surface area contributed by atoms with Crippen LogP contribution in [0, 0.1) is 5.92 Å². The van der Waals surface area contributed by atoms with E-state index in [0.717, 1.165) is 44.6 Å². The van der Waals surface area contributed by atoms with Crippen molar-refractivity contribution in [3.05, 3.63) is 24.0 Å². The lowest BCUT2D eigenvalue weighted by molar-refractivity contribution is 0.0755. The molecule has 0 unspecified atom stereocenters. The van der Waals surface area contributed by atoms with Crippen LogP contribution in [-0.2, 0) is 0 Å². The Morgan fingerprint density at radius 2 is 1.90 bits per heavy atom.